The monoisotopic (exact) mass is 358 g/mol. The topological polar surface area (TPSA) is 67.4 Å². The summed E-state index contributed by atoms with van der Waals surface area (Å²) in [5, 5.41) is 6.29. The summed E-state index contributed by atoms with van der Waals surface area (Å²) in [6, 6.07) is 10.3. The van der Waals surface area contributed by atoms with Crippen LogP contribution in [0.3, 0.4) is 0 Å². The van der Waals surface area contributed by atoms with Gasteiger partial charge in [0.05, 0.1) is 12.8 Å². The van der Waals surface area contributed by atoms with Crippen molar-refractivity contribution in [3.63, 3.8) is 0 Å². The Morgan fingerprint density at radius 3 is 2.44 bits per heavy atom. The van der Waals surface area contributed by atoms with E-state index in [1.54, 1.807) is 36.4 Å². The van der Waals surface area contributed by atoms with Crippen molar-refractivity contribution in [2.24, 2.45) is 0 Å². The fourth-order valence-electron chi connectivity index (χ4n) is 2.42. The van der Waals surface area contributed by atoms with Gasteiger partial charge < -0.3 is 15.4 Å². The van der Waals surface area contributed by atoms with Crippen molar-refractivity contribution in [3.8, 4) is 5.75 Å². The third kappa shape index (κ3) is 4.12. The molecule has 25 heavy (non-hydrogen) atoms. The molecule has 1 aliphatic rings. The first-order chi connectivity index (χ1) is 12.0. The fraction of sp³-hybridized carbons (Fsp3) is 0.263. The lowest BCUT2D eigenvalue weighted by atomic mass is 10.1. The Kier molecular flexibility index (Phi) is 4.95. The molecule has 2 N–H and O–H groups in total. The molecule has 2 aromatic rings. The van der Waals surface area contributed by atoms with E-state index in [0.717, 1.165) is 18.4 Å². The van der Waals surface area contributed by atoms with E-state index < -0.39 is 0 Å². The van der Waals surface area contributed by atoms with Gasteiger partial charge in [0.1, 0.15) is 5.75 Å². The smallest absolute Gasteiger partial charge is 0.255 e. The first-order valence-electron chi connectivity index (χ1n) is 8.04. The van der Waals surface area contributed by atoms with Crippen LogP contribution in [0.15, 0.2) is 36.4 Å². The van der Waals surface area contributed by atoms with Crippen LogP contribution in [-0.2, 0) is 0 Å². The SMILES string of the molecule is COc1cc(Cl)c(C)cc1NC(=O)c1cccc(C(=O)NC2CC2)c1. The largest absolute Gasteiger partial charge is 0.495 e. The number of nitrogens with one attached hydrogen (secondary N) is 2. The summed E-state index contributed by atoms with van der Waals surface area (Å²) >= 11 is 6.08. The van der Waals surface area contributed by atoms with Crippen LogP contribution in [0.2, 0.25) is 5.02 Å². The van der Waals surface area contributed by atoms with E-state index in [2.05, 4.69) is 10.6 Å². The minimum absolute atomic E-state index is 0.155. The summed E-state index contributed by atoms with van der Waals surface area (Å²) < 4.78 is 5.27. The van der Waals surface area contributed by atoms with Crippen LogP contribution in [-0.4, -0.2) is 25.0 Å². The van der Waals surface area contributed by atoms with Gasteiger partial charge in [0.2, 0.25) is 0 Å². The maximum absolute atomic E-state index is 12.6. The molecule has 0 unspecified atom stereocenters. The van der Waals surface area contributed by atoms with Crippen molar-refractivity contribution in [1.82, 2.24) is 5.32 Å². The van der Waals surface area contributed by atoms with Crippen LogP contribution in [0.5, 0.6) is 5.75 Å². The molecule has 0 radical (unpaired) electrons. The van der Waals surface area contributed by atoms with Gasteiger partial charge in [-0.25, -0.2) is 0 Å². The quantitative estimate of drug-likeness (QED) is 0.854. The maximum Gasteiger partial charge on any atom is 0.255 e. The summed E-state index contributed by atoms with van der Waals surface area (Å²) in [5.74, 6) is 0.00439. The van der Waals surface area contributed by atoms with Crippen molar-refractivity contribution in [2.45, 2.75) is 25.8 Å². The number of hydrogen-bond donors (Lipinski definition) is 2. The number of methoxy groups -OCH3 is 1. The number of carbonyl (C=O) groups excluding carboxylic acids is 2. The van der Waals surface area contributed by atoms with Gasteiger partial charge >= 0.3 is 0 Å². The zero-order valence-electron chi connectivity index (χ0n) is 14.1. The van der Waals surface area contributed by atoms with Crippen molar-refractivity contribution in [2.75, 3.05) is 12.4 Å². The maximum atomic E-state index is 12.6. The molecule has 1 fully saturated rings. The first-order valence-corrected chi connectivity index (χ1v) is 8.42. The van der Waals surface area contributed by atoms with Gasteiger partial charge in [-0.15, -0.1) is 0 Å². The average Bonchev–Trinajstić information content (AvgIpc) is 3.42. The Bertz CT molecular complexity index is 831. The van der Waals surface area contributed by atoms with Crippen LogP contribution in [0.25, 0.3) is 0 Å². The molecule has 3 rings (SSSR count). The number of ether oxygens (including phenoxy) is 1. The lowest BCUT2D eigenvalue weighted by Gasteiger charge is -2.12. The standard InChI is InChI=1S/C19H19ClN2O3/c1-11-8-16(17(25-2)10-15(11)20)22-19(24)13-5-3-4-12(9-13)18(23)21-14-6-7-14/h3-5,8-10,14H,6-7H2,1-2H3,(H,21,23)(H,22,24). The molecule has 0 heterocycles. The van der Waals surface area contributed by atoms with Gasteiger partial charge in [-0.2, -0.15) is 0 Å². The van der Waals surface area contributed by atoms with Crippen LogP contribution < -0.4 is 15.4 Å². The van der Waals surface area contributed by atoms with Crippen LogP contribution in [0.1, 0.15) is 39.1 Å². The molecule has 1 saturated carbocycles. The molecule has 130 valence electrons. The van der Waals surface area contributed by atoms with E-state index >= 15 is 0 Å². The van der Waals surface area contributed by atoms with Gasteiger partial charge in [0, 0.05) is 28.3 Å². The molecule has 0 aliphatic heterocycles. The number of anilines is 1. The third-order valence-electron chi connectivity index (χ3n) is 4.03. The van der Waals surface area contributed by atoms with Crippen molar-refractivity contribution in [1.29, 1.82) is 0 Å². The van der Waals surface area contributed by atoms with Crippen LogP contribution in [0, 0.1) is 6.92 Å². The van der Waals surface area contributed by atoms with Crippen LogP contribution in [0.4, 0.5) is 5.69 Å². The van der Waals surface area contributed by atoms with Crippen molar-refractivity contribution >= 4 is 29.1 Å². The second-order valence-corrected chi connectivity index (χ2v) is 6.49. The molecule has 0 saturated heterocycles. The number of carbonyl (C=O) groups is 2. The highest BCUT2D eigenvalue weighted by molar-refractivity contribution is 6.31. The van der Waals surface area contributed by atoms with Crippen molar-refractivity contribution < 1.29 is 14.3 Å². The highest BCUT2D eigenvalue weighted by Crippen LogP contribution is 2.31. The molecule has 5 nitrogen and oxygen atoms in total. The zero-order valence-corrected chi connectivity index (χ0v) is 14.8. The summed E-state index contributed by atoms with van der Waals surface area (Å²) in [6.45, 7) is 1.85. The van der Waals surface area contributed by atoms with Gasteiger partial charge in [0.15, 0.2) is 0 Å². The molecule has 0 aromatic heterocycles. The number of rotatable bonds is 5. The summed E-state index contributed by atoms with van der Waals surface area (Å²) in [7, 11) is 1.51. The lowest BCUT2D eigenvalue weighted by Crippen LogP contribution is -2.25. The zero-order chi connectivity index (χ0) is 18.0. The Morgan fingerprint density at radius 1 is 1.12 bits per heavy atom. The summed E-state index contributed by atoms with van der Waals surface area (Å²) in [6.07, 6.45) is 2.03. The van der Waals surface area contributed by atoms with Gasteiger partial charge in [-0.1, -0.05) is 17.7 Å². The number of amides is 2. The predicted molar refractivity (Wildman–Crippen MR) is 97.6 cm³/mol. The molecular formula is C19H19ClN2O3. The lowest BCUT2D eigenvalue weighted by molar-refractivity contribution is 0.0951. The number of aryl methyl sites for hydroxylation is 1. The van der Waals surface area contributed by atoms with E-state index in [-0.39, 0.29) is 17.9 Å². The molecule has 1 aliphatic carbocycles. The Balaban J connectivity index is 1.79. The van der Waals surface area contributed by atoms with Gasteiger partial charge in [-0.3, -0.25) is 9.59 Å². The third-order valence-corrected chi connectivity index (χ3v) is 4.44. The highest BCUT2D eigenvalue weighted by atomic mass is 35.5. The molecule has 0 bridgehead atoms. The van der Waals surface area contributed by atoms with E-state index in [4.69, 9.17) is 16.3 Å². The van der Waals surface area contributed by atoms with E-state index in [1.807, 2.05) is 6.92 Å². The fourth-order valence-corrected chi connectivity index (χ4v) is 2.58. The Labute approximate surface area is 151 Å². The van der Waals surface area contributed by atoms with Crippen molar-refractivity contribution in [3.05, 3.63) is 58.1 Å². The Morgan fingerprint density at radius 2 is 1.80 bits per heavy atom. The van der Waals surface area contributed by atoms with E-state index in [1.165, 1.54) is 7.11 Å². The first kappa shape index (κ1) is 17.3. The molecule has 0 spiro atoms. The molecule has 6 heteroatoms. The Hall–Kier alpha value is -2.53. The molecule has 2 amide bonds. The number of halogens is 1. The normalized spacial score (nSPS) is 13.2. The molecule has 2 aromatic carbocycles. The molecular weight excluding hydrogens is 340 g/mol. The highest BCUT2D eigenvalue weighted by Gasteiger charge is 2.24. The second-order valence-electron chi connectivity index (χ2n) is 6.08. The summed E-state index contributed by atoms with van der Waals surface area (Å²) in [5.41, 5.74) is 2.23. The summed E-state index contributed by atoms with van der Waals surface area (Å²) in [4.78, 5) is 24.7. The van der Waals surface area contributed by atoms with E-state index in [9.17, 15) is 9.59 Å². The minimum Gasteiger partial charge on any atom is -0.495 e. The second kappa shape index (κ2) is 7.15. The van der Waals surface area contributed by atoms with Gasteiger partial charge in [0.25, 0.3) is 11.8 Å². The van der Waals surface area contributed by atoms with Gasteiger partial charge in [-0.05, 0) is 49.6 Å². The van der Waals surface area contributed by atoms with E-state index in [0.29, 0.717) is 27.6 Å². The molecule has 0 atom stereocenters. The van der Waals surface area contributed by atoms with Crippen LogP contribution >= 0.6 is 11.6 Å². The number of benzene rings is 2. The predicted octanol–water partition coefficient (Wildman–Crippen LogP) is 3.80. The average molecular weight is 359 g/mol. The minimum atomic E-state index is -0.318. The number of hydrogen-bond acceptors (Lipinski definition) is 3.